The van der Waals surface area contributed by atoms with Gasteiger partial charge in [-0.05, 0) is 69.3 Å². The number of carbonyl (C=O) groups excluding carboxylic acids is 2. The molecule has 3 amide bonds. The topological polar surface area (TPSA) is 86.6 Å². The van der Waals surface area contributed by atoms with Gasteiger partial charge in [0.1, 0.15) is 0 Å². The average molecular weight is 372 g/mol. The average Bonchev–Trinajstić information content (AvgIpc) is 3.05. The molecule has 4 aliphatic carbocycles. The zero-order chi connectivity index (χ0) is 18.8. The van der Waals surface area contributed by atoms with Gasteiger partial charge in [0.25, 0.3) is 5.91 Å². The fraction of sp³-hybridized carbons (Fsp3) is 0.700. The van der Waals surface area contributed by atoms with E-state index in [9.17, 15) is 9.59 Å². The predicted molar refractivity (Wildman–Crippen MR) is 98.2 cm³/mol. The highest BCUT2D eigenvalue weighted by atomic mass is 16.5. The van der Waals surface area contributed by atoms with Crippen molar-refractivity contribution in [2.24, 2.45) is 17.8 Å². The third-order valence-corrected chi connectivity index (χ3v) is 7.44. The molecule has 1 aliphatic heterocycles. The Morgan fingerprint density at radius 3 is 2.33 bits per heavy atom. The Hall–Kier alpha value is -2.02. The van der Waals surface area contributed by atoms with E-state index in [-0.39, 0.29) is 17.6 Å². The third-order valence-electron chi connectivity index (χ3n) is 7.44. The SMILES string of the molecule is CC1c2cc(C(=O)NO)cn2CCN1C(=O)NC12CC3CC(CC(C3)C1)C2. The molecule has 7 nitrogen and oxygen atoms in total. The molecule has 4 saturated carbocycles. The van der Waals surface area contributed by atoms with Crippen LogP contribution in [0.5, 0.6) is 0 Å². The van der Waals surface area contributed by atoms with Crippen molar-refractivity contribution in [2.45, 2.75) is 63.6 Å². The van der Waals surface area contributed by atoms with Crippen LogP contribution in [0.2, 0.25) is 0 Å². The Balaban J connectivity index is 1.33. The molecule has 27 heavy (non-hydrogen) atoms. The Kier molecular flexibility index (Phi) is 3.79. The second-order valence-electron chi connectivity index (χ2n) is 9.29. The molecule has 0 saturated heterocycles. The maximum Gasteiger partial charge on any atom is 0.318 e. The molecule has 7 heteroatoms. The van der Waals surface area contributed by atoms with E-state index in [0.717, 1.165) is 42.7 Å². The van der Waals surface area contributed by atoms with Crippen molar-refractivity contribution in [3.8, 4) is 0 Å². The summed E-state index contributed by atoms with van der Waals surface area (Å²) in [5, 5.41) is 12.3. The number of hydrogen-bond donors (Lipinski definition) is 3. The zero-order valence-electron chi connectivity index (χ0n) is 15.8. The number of hydrogen-bond acceptors (Lipinski definition) is 3. The van der Waals surface area contributed by atoms with Crippen LogP contribution in [0.25, 0.3) is 0 Å². The standard InChI is InChI=1S/C20H28N4O3/c1-12-17-7-16(18(25)22-27)11-23(17)2-3-24(12)19(26)21-20-8-13-4-14(9-20)6-15(5-13)10-20/h7,11-15,27H,2-6,8-10H2,1H3,(H,21,26)(H,22,25). The lowest BCUT2D eigenvalue weighted by Gasteiger charge is -2.57. The lowest BCUT2D eigenvalue weighted by molar-refractivity contribution is -0.0167. The molecule has 5 aliphatic rings. The summed E-state index contributed by atoms with van der Waals surface area (Å²) in [7, 11) is 0. The van der Waals surface area contributed by atoms with Crippen LogP contribution in [0.15, 0.2) is 12.3 Å². The van der Waals surface area contributed by atoms with Crippen LogP contribution in [-0.2, 0) is 6.54 Å². The van der Waals surface area contributed by atoms with Gasteiger partial charge in [0.05, 0.1) is 11.6 Å². The molecule has 4 bridgehead atoms. The van der Waals surface area contributed by atoms with Crippen LogP contribution in [0.1, 0.15) is 67.5 Å². The summed E-state index contributed by atoms with van der Waals surface area (Å²) in [5.41, 5.74) is 3.04. The van der Waals surface area contributed by atoms with Crippen LogP contribution in [0.3, 0.4) is 0 Å². The van der Waals surface area contributed by atoms with Crippen molar-refractivity contribution in [1.29, 1.82) is 0 Å². The number of aromatic nitrogens is 1. The molecular weight excluding hydrogens is 344 g/mol. The van der Waals surface area contributed by atoms with Gasteiger partial charge in [-0.15, -0.1) is 0 Å². The highest BCUT2D eigenvalue weighted by Crippen LogP contribution is 2.55. The molecule has 1 aromatic heterocycles. The number of amides is 3. The molecular formula is C20H28N4O3. The first-order chi connectivity index (χ1) is 13.0. The van der Waals surface area contributed by atoms with Gasteiger partial charge in [-0.3, -0.25) is 10.0 Å². The van der Waals surface area contributed by atoms with Crippen molar-refractivity contribution in [2.75, 3.05) is 6.54 Å². The number of hydroxylamine groups is 1. The molecule has 0 aromatic carbocycles. The number of urea groups is 1. The summed E-state index contributed by atoms with van der Waals surface area (Å²) in [6.45, 7) is 3.29. The van der Waals surface area contributed by atoms with Gasteiger partial charge in [-0.2, -0.15) is 0 Å². The van der Waals surface area contributed by atoms with E-state index in [1.165, 1.54) is 19.3 Å². The molecule has 1 unspecified atom stereocenters. The van der Waals surface area contributed by atoms with Crippen LogP contribution in [0, 0.1) is 17.8 Å². The maximum atomic E-state index is 13.2. The summed E-state index contributed by atoms with van der Waals surface area (Å²) < 4.78 is 2.00. The van der Waals surface area contributed by atoms with E-state index in [1.807, 2.05) is 16.4 Å². The van der Waals surface area contributed by atoms with E-state index in [2.05, 4.69) is 5.32 Å². The van der Waals surface area contributed by atoms with E-state index < -0.39 is 5.91 Å². The van der Waals surface area contributed by atoms with Gasteiger partial charge >= 0.3 is 6.03 Å². The van der Waals surface area contributed by atoms with Crippen molar-refractivity contribution < 1.29 is 14.8 Å². The fourth-order valence-electron chi connectivity index (χ4n) is 6.67. The van der Waals surface area contributed by atoms with Crippen molar-refractivity contribution in [1.82, 2.24) is 20.3 Å². The van der Waals surface area contributed by atoms with Gasteiger partial charge in [-0.1, -0.05) is 0 Å². The molecule has 2 heterocycles. The van der Waals surface area contributed by atoms with Gasteiger partial charge in [-0.25, -0.2) is 10.3 Å². The van der Waals surface area contributed by atoms with Crippen LogP contribution >= 0.6 is 0 Å². The third kappa shape index (κ3) is 2.74. The summed E-state index contributed by atoms with van der Waals surface area (Å²) in [4.78, 5) is 26.8. The lowest BCUT2D eigenvalue weighted by Crippen LogP contribution is -2.62. The highest BCUT2D eigenvalue weighted by molar-refractivity contribution is 5.93. The van der Waals surface area contributed by atoms with E-state index in [1.54, 1.807) is 17.7 Å². The minimum absolute atomic E-state index is 0.00687. The summed E-state index contributed by atoms with van der Waals surface area (Å²) in [6, 6.07) is 1.69. The molecule has 146 valence electrons. The van der Waals surface area contributed by atoms with E-state index >= 15 is 0 Å². The Bertz CT molecular complexity index is 751. The predicted octanol–water partition coefficient (Wildman–Crippen LogP) is 2.66. The molecule has 1 aromatic rings. The fourth-order valence-corrected chi connectivity index (χ4v) is 6.67. The zero-order valence-corrected chi connectivity index (χ0v) is 15.8. The van der Waals surface area contributed by atoms with Crippen LogP contribution < -0.4 is 10.8 Å². The van der Waals surface area contributed by atoms with Crippen molar-refractivity contribution in [3.63, 3.8) is 0 Å². The van der Waals surface area contributed by atoms with Crippen LogP contribution in [-0.4, -0.2) is 38.7 Å². The normalized spacial score (nSPS) is 36.4. The monoisotopic (exact) mass is 372 g/mol. The van der Waals surface area contributed by atoms with Gasteiger partial charge in [0.2, 0.25) is 0 Å². The molecule has 0 radical (unpaired) electrons. The lowest BCUT2D eigenvalue weighted by atomic mass is 9.53. The summed E-state index contributed by atoms with van der Waals surface area (Å²) in [6.07, 6.45) is 9.25. The van der Waals surface area contributed by atoms with Gasteiger partial charge in [0, 0.05) is 30.5 Å². The number of nitrogens with one attached hydrogen (secondary N) is 2. The smallest absolute Gasteiger partial charge is 0.318 e. The maximum absolute atomic E-state index is 13.2. The quantitative estimate of drug-likeness (QED) is 0.551. The van der Waals surface area contributed by atoms with Crippen molar-refractivity contribution >= 4 is 11.9 Å². The second kappa shape index (κ2) is 5.99. The van der Waals surface area contributed by atoms with E-state index in [0.29, 0.717) is 18.7 Å². The minimum atomic E-state index is -0.520. The Morgan fingerprint density at radius 1 is 1.11 bits per heavy atom. The number of rotatable bonds is 2. The Morgan fingerprint density at radius 2 is 1.74 bits per heavy atom. The number of carbonyl (C=O) groups is 2. The molecule has 3 N–H and O–H groups in total. The number of fused-ring (bicyclic) bond motifs is 1. The highest BCUT2D eigenvalue weighted by Gasteiger charge is 2.52. The minimum Gasteiger partial charge on any atom is -0.347 e. The molecule has 1 atom stereocenters. The van der Waals surface area contributed by atoms with Crippen molar-refractivity contribution in [3.05, 3.63) is 23.5 Å². The van der Waals surface area contributed by atoms with Gasteiger partial charge < -0.3 is 14.8 Å². The van der Waals surface area contributed by atoms with E-state index in [4.69, 9.17) is 5.21 Å². The molecule has 6 rings (SSSR count). The summed E-state index contributed by atoms with van der Waals surface area (Å²) >= 11 is 0. The largest absolute Gasteiger partial charge is 0.347 e. The second-order valence-corrected chi connectivity index (χ2v) is 9.29. The summed E-state index contributed by atoms with van der Waals surface area (Å²) in [5.74, 6) is 1.88. The first kappa shape index (κ1) is 17.1. The van der Waals surface area contributed by atoms with Crippen LogP contribution in [0.4, 0.5) is 4.79 Å². The molecule has 4 fully saturated rings. The number of nitrogens with zero attached hydrogens (tertiary/aromatic N) is 2. The first-order valence-corrected chi connectivity index (χ1v) is 10.2. The molecule has 0 spiro atoms. The van der Waals surface area contributed by atoms with Gasteiger partial charge in [0.15, 0.2) is 0 Å². The Labute approximate surface area is 159 Å². The first-order valence-electron chi connectivity index (χ1n) is 10.2.